The Kier molecular flexibility index (Phi) is 13.1. The van der Waals surface area contributed by atoms with Crippen LogP contribution in [0.5, 0.6) is 0 Å². The van der Waals surface area contributed by atoms with Crippen LogP contribution in [0.3, 0.4) is 0 Å². The number of hydrogen-bond donors (Lipinski definition) is 4. The normalized spacial score (nSPS) is 21.5. The van der Waals surface area contributed by atoms with E-state index in [4.69, 9.17) is 10.2 Å². The van der Waals surface area contributed by atoms with Gasteiger partial charge in [-0.3, -0.25) is 4.79 Å². The quantitative estimate of drug-likeness (QED) is 0.260. The molecule has 0 aromatic heterocycles. The van der Waals surface area contributed by atoms with E-state index in [0.717, 1.165) is 0 Å². The van der Waals surface area contributed by atoms with Crippen LogP contribution in [0.2, 0.25) is 0 Å². The Morgan fingerprint density at radius 2 is 1.27 bits per heavy atom. The van der Waals surface area contributed by atoms with Crippen LogP contribution in [-0.2, 0) is 4.79 Å². The zero-order valence-corrected chi connectivity index (χ0v) is 19.4. The van der Waals surface area contributed by atoms with Gasteiger partial charge in [0.2, 0.25) is 0 Å². The molecule has 0 rings (SSSR count). The second kappa shape index (κ2) is 12.2. The van der Waals surface area contributed by atoms with Crippen LogP contribution < -0.4 is 0 Å². The lowest BCUT2D eigenvalue weighted by Gasteiger charge is -2.32. The minimum absolute atomic E-state index is 0.0100. The molecule has 0 saturated heterocycles. The fraction of sp³-hybridized carbons (Fsp3) is 0.917. The Morgan fingerprint density at radius 1 is 0.818 bits per heavy atom. The molecule has 0 heterocycles. The second-order valence-corrected chi connectivity index (χ2v) is 10.3. The first-order valence-corrected chi connectivity index (χ1v) is 11.1. The van der Waals surface area contributed by atoms with E-state index in [0.29, 0.717) is 12.8 Å². The predicted molar refractivity (Wildman–Crippen MR) is 104 cm³/mol. The molecule has 0 spiro atoms. The molecule has 0 aliphatic rings. The minimum atomic E-state index is -1.10. The molecule has 7 atom stereocenters. The van der Waals surface area contributed by atoms with Crippen LogP contribution in [0.4, 0.5) is 0 Å². The monoisotopic (exact) mass is 638 g/mol. The molecule has 0 aromatic rings. The summed E-state index contributed by atoms with van der Waals surface area (Å²) in [5.41, 5.74) is 0. The van der Waals surface area contributed by atoms with Crippen molar-refractivity contribution in [1.29, 1.82) is 0 Å². The molecule has 0 aliphatic heterocycles. The number of halogens is 5. The van der Waals surface area contributed by atoms with Crippen LogP contribution in [0.15, 0.2) is 0 Å². The summed E-state index contributed by atoms with van der Waals surface area (Å²) < 4.78 is 0. The standard InChI is InChI=1S/C12H19Br5O5/c13-5(1-2-7(19)20)9(16)11(21)12(22)10(17)8(15)6(14)3-4-18/h5-6,8-12,18,21-22H,1-4H2,(H,19,20). The van der Waals surface area contributed by atoms with Crippen LogP contribution in [0, 0.1) is 0 Å². The van der Waals surface area contributed by atoms with Crippen LogP contribution in [-0.4, -0.2) is 69.3 Å². The first-order chi connectivity index (χ1) is 10.1. The maximum absolute atomic E-state index is 10.6. The molecule has 0 amide bonds. The van der Waals surface area contributed by atoms with Crippen molar-refractivity contribution < 1.29 is 25.2 Å². The van der Waals surface area contributed by atoms with E-state index in [2.05, 4.69) is 79.6 Å². The van der Waals surface area contributed by atoms with Gasteiger partial charge in [-0.05, 0) is 12.8 Å². The number of aliphatic carboxylic acids is 1. The molecule has 0 aromatic carbocycles. The Morgan fingerprint density at radius 3 is 1.73 bits per heavy atom. The van der Waals surface area contributed by atoms with Crippen molar-refractivity contribution in [3.05, 3.63) is 0 Å². The molecule has 0 saturated carbocycles. The van der Waals surface area contributed by atoms with Gasteiger partial charge >= 0.3 is 5.97 Å². The van der Waals surface area contributed by atoms with Gasteiger partial charge in [0.05, 0.1) is 21.9 Å². The van der Waals surface area contributed by atoms with Crippen molar-refractivity contribution in [1.82, 2.24) is 0 Å². The fourth-order valence-electron chi connectivity index (χ4n) is 1.68. The smallest absolute Gasteiger partial charge is 0.303 e. The number of carbonyl (C=O) groups is 1. The molecule has 10 heteroatoms. The van der Waals surface area contributed by atoms with Crippen molar-refractivity contribution in [2.24, 2.45) is 0 Å². The summed E-state index contributed by atoms with van der Waals surface area (Å²) in [5.74, 6) is -0.913. The highest BCUT2D eigenvalue weighted by molar-refractivity contribution is 9.13. The third-order valence-corrected chi connectivity index (χ3v) is 10.7. The van der Waals surface area contributed by atoms with Crippen LogP contribution in [0.25, 0.3) is 0 Å². The summed E-state index contributed by atoms with van der Waals surface area (Å²) >= 11 is 16.8. The molecular formula is C12H19Br5O5. The Balaban J connectivity index is 4.61. The van der Waals surface area contributed by atoms with Crippen molar-refractivity contribution in [3.63, 3.8) is 0 Å². The summed E-state index contributed by atoms with van der Waals surface area (Å²) in [7, 11) is 0. The Bertz CT molecular complexity index is 335. The van der Waals surface area contributed by atoms with Gasteiger partial charge < -0.3 is 20.4 Å². The van der Waals surface area contributed by atoms with E-state index >= 15 is 0 Å². The van der Waals surface area contributed by atoms with Gasteiger partial charge in [-0.25, -0.2) is 0 Å². The molecule has 132 valence electrons. The zero-order valence-electron chi connectivity index (χ0n) is 11.5. The number of carboxylic acid groups (broad SMARTS) is 1. The molecule has 0 radical (unpaired) electrons. The van der Waals surface area contributed by atoms with E-state index in [9.17, 15) is 15.0 Å². The first-order valence-electron chi connectivity index (χ1n) is 6.52. The lowest BCUT2D eigenvalue weighted by molar-refractivity contribution is -0.137. The predicted octanol–water partition coefficient (Wildman–Crippen LogP) is 2.77. The number of rotatable bonds is 11. The lowest BCUT2D eigenvalue weighted by Crippen LogP contribution is -2.47. The van der Waals surface area contributed by atoms with Crippen LogP contribution in [0.1, 0.15) is 19.3 Å². The number of carboxylic acids is 1. The van der Waals surface area contributed by atoms with Gasteiger partial charge in [-0.2, -0.15) is 0 Å². The van der Waals surface area contributed by atoms with E-state index in [1.165, 1.54) is 0 Å². The molecule has 4 N–H and O–H groups in total. The lowest BCUT2D eigenvalue weighted by atomic mass is 10.0. The number of alkyl halides is 5. The first kappa shape index (κ1) is 23.8. The van der Waals surface area contributed by atoms with E-state index in [1.807, 2.05) is 0 Å². The number of aliphatic hydroxyl groups excluding tert-OH is 3. The summed E-state index contributed by atoms with van der Waals surface area (Å²) in [6.07, 6.45) is -1.39. The summed E-state index contributed by atoms with van der Waals surface area (Å²) in [5, 5.41) is 38.2. The molecule has 0 fully saturated rings. The number of hydrogen-bond acceptors (Lipinski definition) is 4. The Labute approximate surface area is 171 Å². The average Bonchev–Trinajstić information content (AvgIpc) is 2.48. The van der Waals surface area contributed by atoms with Gasteiger partial charge in [0.25, 0.3) is 0 Å². The molecular weight excluding hydrogens is 624 g/mol. The topological polar surface area (TPSA) is 98.0 Å². The van der Waals surface area contributed by atoms with Gasteiger partial charge in [0.1, 0.15) is 0 Å². The third-order valence-electron chi connectivity index (χ3n) is 3.04. The summed E-state index contributed by atoms with van der Waals surface area (Å²) in [6.45, 7) is 0.0100. The Hall–Kier alpha value is 1.75. The van der Waals surface area contributed by atoms with E-state index in [-0.39, 0.29) is 27.5 Å². The van der Waals surface area contributed by atoms with Gasteiger partial charge in [-0.15, -0.1) is 0 Å². The zero-order chi connectivity index (χ0) is 17.4. The van der Waals surface area contributed by atoms with Gasteiger partial charge in [-0.1, -0.05) is 79.6 Å². The third kappa shape index (κ3) is 8.22. The molecule has 0 bridgehead atoms. The van der Waals surface area contributed by atoms with Crippen molar-refractivity contribution >= 4 is 85.6 Å². The molecule has 5 nitrogen and oxygen atoms in total. The molecule has 0 aliphatic carbocycles. The largest absolute Gasteiger partial charge is 0.481 e. The summed E-state index contributed by atoms with van der Waals surface area (Å²) in [6, 6.07) is 0. The SMILES string of the molecule is O=C(O)CCC(Br)C(Br)C(O)C(O)C(Br)C(Br)C(Br)CCO. The second-order valence-electron chi connectivity index (χ2n) is 4.79. The highest BCUT2D eigenvalue weighted by atomic mass is 79.9. The van der Waals surface area contributed by atoms with Crippen molar-refractivity contribution in [3.8, 4) is 0 Å². The highest BCUT2D eigenvalue weighted by Crippen LogP contribution is 2.32. The maximum Gasteiger partial charge on any atom is 0.303 e. The molecule has 22 heavy (non-hydrogen) atoms. The highest BCUT2D eigenvalue weighted by Gasteiger charge is 2.37. The van der Waals surface area contributed by atoms with E-state index < -0.39 is 27.8 Å². The van der Waals surface area contributed by atoms with Crippen molar-refractivity contribution in [2.45, 2.75) is 55.6 Å². The van der Waals surface area contributed by atoms with Crippen molar-refractivity contribution in [2.75, 3.05) is 6.61 Å². The minimum Gasteiger partial charge on any atom is -0.481 e. The van der Waals surface area contributed by atoms with Crippen LogP contribution >= 0.6 is 79.6 Å². The average molecular weight is 643 g/mol. The van der Waals surface area contributed by atoms with Gasteiger partial charge in [0, 0.05) is 27.5 Å². The summed E-state index contributed by atoms with van der Waals surface area (Å²) in [4.78, 5) is 9.03. The molecule has 7 unspecified atom stereocenters. The maximum atomic E-state index is 10.6. The fourth-order valence-corrected chi connectivity index (χ4v) is 5.00. The van der Waals surface area contributed by atoms with E-state index in [1.54, 1.807) is 0 Å². The number of aliphatic hydroxyl groups is 3. The van der Waals surface area contributed by atoms with Gasteiger partial charge in [0.15, 0.2) is 0 Å².